The van der Waals surface area contributed by atoms with Crippen molar-refractivity contribution in [2.24, 2.45) is 22.8 Å². The second kappa shape index (κ2) is 8.39. The van der Waals surface area contributed by atoms with Crippen LogP contribution >= 0.6 is 7.60 Å². The summed E-state index contributed by atoms with van der Waals surface area (Å²) in [5.41, 5.74) is 14.2. The van der Waals surface area contributed by atoms with Gasteiger partial charge >= 0.3 is 13.6 Å². The Hall–Kier alpha value is -1.61. The van der Waals surface area contributed by atoms with E-state index in [0.717, 1.165) is 5.01 Å². The van der Waals surface area contributed by atoms with Crippen LogP contribution in [0.25, 0.3) is 10.4 Å². The minimum absolute atomic E-state index is 0.000686. The van der Waals surface area contributed by atoms with Gasteiger partial charge in [0.1, 0.15) is 0 Å². The lowest BCUT2D eigenvalue weighted by atomic mass is 9.95. The molecule has 4 N–H and O–H groups in total. The third kappa shape index (κ3) is 4.37. The Morgan fingerprint density at radius 3 is 2.35 bits per heavy atom. The van der Waals surface area contributed by atoms with E-state index in [-0.39, 0.29) is 6.54 Å². The number of carbonyl (C=O) groups is 1. The SMILES string of the molecule is CC(CN1C=CC(N)N(N=[N+]=[N-])C1=O)OC(C(C)C)(C(C)C)P(=O)(O)O. The molecular weight excluding hydrogens is 363 g/mol. The summed E-state index contributed by atoms with van der Waals surface area (Å²) in [4.78, 5) is 36.0. The molecule has 0 spiro atoms. The first-order valence-corrected chi connectivity index (χ1v) is 9.81. The highest BCUT2D eigenvalue weighted by Crippen LogP contribution is 2.59. The molecule has 26 heavy (non-hydrogen) atoms. The molecule has 11 nitrogen and oxygen atoms in total. The molecule has 1 rings (SSSR count). The van der Waals surface area contributed by atoms with Crippen LogP contribution < -0.4 is 5.73 Å². The molecule has 0 saturated heterocycles. The smallest absolute Gasteiger partial charge is 0.357 e. The molecule has 0 saturated carbocycles. The molecule has 0 radical (unpaired) electrons. The van der Waals surface area contributed by atoms with Crippen LogP contribution in [0.5, 0.6) is 0 Å². The van der Waals surface area contributed by atoms with Gasteiger partial charge in [0.25, 0.3) is 0 Å². The van der Waals surface area contributed by atoms with E-state index in [9.17, 15) is 19.1 Å². The Bertz CT molecular complexity index is 634. The predicted molar refractivity (Wildman–Crippen MR) is 95.2 cm³/mol. The first kappa shape index (κ1) is 22.4. The fraction of sp³-hybridized carbons (Fsp3) is 0.786. The Morgan fingerprint density at radius 2 is 1.92 bits per heavy atom. The lowest BCUT2D eigenvalue weighted by Crippen LogP contribution is -2.52. The first-order chi connectivity index (χ1) is 11.9. The summed E-state index contributed by atoms with van der Waals surface area (Å²) >= 11 is 0. The minimum Gasteiger partial charge on any atom is -0.357 e. The average molecular weight is 390 g/mol. The topological polar surface area (TPSA) is 165 Å². The molecule has 1 heterocycles. The second-order valence-electron chi connectivity index (χ2n) is 6.82. The quantitative estimate of drug-likeness (QED) is 0.249. The molecule has 2 unspecified atom stereocenters. The average Bonchev–Trinajstić information content (AvgIpc) is 2.50. The van der Waals surface area contributed by atoms with Crippen LogP contribution in [0.2, 0.25) is 0 Å². The zero-order valence-electron chi connectivity index (χ0n) is 15.6. The summed E-state index contributed by atoms with van der Waals surface area (Å²) in [5, 5.41) is 2.34. The number of ether oxygens (including phenoxy) is 1. The van der Waals surface area contributed by atoms with Crippen molar-refractivity contribution in [3.8, 4) is 0 Å². The zero-order valence-corrected chi connectivity index (χ0v) is 16.4. The van der Waals surface area contributed by atoms with Crippen molar-refractivity contribution in [1.82, 2.24) is 9.91 Å². The van der Waals surface area contributed by atoms with Gasteiger partial charge in [-0.15, -0.1) is 10.5 Å². The van der Waals surface area contributed by atoms with Gasteiger partial charge in [0.05, 0.1) is 12.6 Å². The van der Waals surface area contributed by atoms with Crippen molar-refractivity contribution in [1.29, 1.82) is 0 Å². The monoisotopic (exact) mass is 390 g/mol. The third-order valence-electron chi connectivity index (χ3n) is 4.28. The highest BCUT2D eigenvalue weighted by molar-refractivity contribution is 7.53. The van der Waals surface area contributed by atoms with Gasteiger partial charge in [-0.25, -0.2) is 4.79 Å². The van der Waals surface area contributed by atoms with Crippen LogP contribution in [0.15, 0.2) is 17.5 Å². The van der Waals surface area contributed by atoms with Crippen molar-refractivity contribution >= 4 is 13.6 Å². The molecule has 12 heteroatoms. The summed E-state index contributed by atoms with van der Waals surface area (Å²) in [6.45, 7) is 8.34. The van der Waals surface area contributed by atoms with E-state index in [1.807, 2.05) is 0 Å². The van der Waals surface area contributed by atoms with E-state index in [2.05, 4.69) is 10.1 Å². The molecule has 148 valence electrons. The maximum atomic E-state index is 12.3. The van der Waals surface area contributed by atoms with Gasteiger partial charge in [-0.1, -0.05) is 27.7 Å². The second-order valence-corrected chi connectivity index (χ2v) is 8.61. The molecule has 0 aromatic rings. The summed E-state index contributed by atoms with van der Waals surface area (Å²) in [6.07, 6.45) is 1.30. The minimum atomic E-state index is -4.61. The Morgan fingerprint density at radius 1 is 1.38 bits per heavy atom. The Kier molecular flexibility index (Phi) is 7.24. The normalized spacial score (nSPS) is 19.9. The van der Waals surface area contributed by atoms with Crippen molar-refractivity contribution in [2.75, 3.05) is 6.54 Å². The fourth-order valence-corrected chi connectivity index (χ4v) is 4.86. The van der Waals surface area contributed by atoms with Crippen LogP contribution in [-0.4, -0.2) is 49.9 Å². The number of nitrogens with two attached hydrogens (primary N) is 1. The van der Waals surface area contributed by atoms with Gasteiger partial charge in [0.15, 0.2) is 11.5 Å². The number of hydrogen-bond donors (Lipinski definition) is 3. The van der Waals surface area contributed by atoms with Crippen molar-refractivity contribution in [2.45, 2.75) is 52.2 Å². The van der Waals surface area contributed by atoms with Gasteiger partial charge in [-0.3, -0.25) is 15.2 Å². The molecule has 2 amide bonds. The first-order valence-electron chi connectivity index (χ1n) is 8.20. The van der Waals surface area contributed by atoms with Gasteiger partial charge in [0.2, 0.25) is 0 Å². The maximum Gasteiger partial charge on any atom is 0.420 e. The molecule has 0 aromatic heterocycles. The number of rotatable bonds is 8. The summed E-state index contributed by atoms with van der Waals surface area (Å²) in [7, 11) is -4.61. The van der Waals surface area contributed by atoms with E-state index in [1.165, 1.54) is 17.2 Å². The van der Waals surface area contributed by atoms with Gasteiger partial charge in [-0.2, -0.15) is 4.91 Å². The lowest BCUT2D eigenvalue weighted by molar-refractivity contribution is -0.102. The Labute approximate surface area is 152 Å². The molecule has 0 aromatic carbocycles. The summed E-state index contributed by atoms with van der Waals surface area (Å²) in [5.74, 6) is -0.932. The third-order valence-corrected chi connectivity index (χ3v) is 6.33. The largest absolute Gasteiger partial charge is 0.420 e. The van der Waals surface area contributed by atoms with Gasteiger partial charge in [0, 0.05) is 6.20 Å². The van der Waals surface area contributed by atoms with E-state index < -0.39 is 43.1 Å². The van der Waals surface area contributed by atoms with Crippen molar-refractivity contribution in [3.05, 3.63) is 22.7 Å². The number of carbonyl (C=O) groups excluding carboxylic acids is 1. The fourth-order valence-electron chi connectivity index (χ4n) is 3.19. The standard InChI is InChI=1S/C14H27N6O5P/c1-9(2)14(10(3)4,26(22,23)24)25-11(5)8-19-7-6-12(15)20(13(19)21)18-17-16/h6-7,9-12H,8,15H2,1-5H3,(H2,22,23,24). The van der Waals surface area contributed by atoms with Crippen LogP contribution in [-0.2, 0) is 9.30 Å². The van der Waals surface area contributed by atoms with E-state index in [0.29, 0.717) is 0 Å². The van der Waals surface area contributed by atoms with Crippen LogP contribution in [0.4, 0.5) is 4.79 Å². The van der Waals surface area contributed by atoms with E-state index >= 15 is 0 Å². The Balaban J connectivity index is 3.04. The predicted octanol–water partition coefficient (Wildman–Crippen LogP) is 2.34. The number of amides is 2. The van der Waals surface area contributed by atoms with E-state index in [4.69, 9.17) is 16.0 Å². The van der Waals surface area contributed by atoms with Gasteiger partial charge in [-0.05, 0) is 30.1 Å². The summed E-state index contributed by atoms with van der Waals surface area (Å²) in [6, 6.07) is -0.649. The van der Waals surface area contributed by atoms with Crippen molar-refractivity contribution in [3.63, 3.8) is 0 Å². The number of azide groups is 1. The summed E-state index contributed by atoms with van der Waals surface area (Å²) < 4.78 is 18.1. The number of hydrogen-bond acceptors (Lipinski definition) is 5. The molecule has 1 aliphatic heterocycles. The highest BCUT2D eigenvalue weighted by Gasteiger charge is 2.54. The number of nitrogens with zero attached hydrogens (tertiary/aromatic N) is 5. The molecule has 0 bridgehead atoms. The van der Waals surface area contributed by atoms with E-state index in [1.54, 1.807) is 34.6 Å². The number of urea groups is 1. The lowest BCUT2D eigenvalue weighted by Gasteiger charge is -2.43. The molecular formula is C14H27N6O5P. The van der Waals surface area contributed by atoms with Crippen LogP contribution in [0.3, 0.4) is 0 Å². The van der Waals surface area contributed by atoms with Gasteiger partial charge < -0.3 is 14.5 Å². The molecule has 0 fully saturated rings. The zero-order chi connectivity index (χ0) is 20.3. The molecule has 0 aliphatic carbocycles. The molecule has 2 atom stereocenters. The maximum absolute atomic E-state index is 12.3. The van der Waals surface area contributed by atoms with Crippen LogP contribution in [0, 0.1) is 11.8 Å². The highest BCUT2D eigenvalue weighted by atomic mass is 31.2. The van der Waals surface area contributed by atoms with Crippen molar-refractivity contribution < 1.29 is 23.9 Å². The molecule has 1 aliphatic rings. The van der Waals surface area contributed by atoms with Crippen LogP contribution in [0.1, 0.15) is 34.6 Å².